The van der Waals surface area contributed by atoms with Gasteiger partial charge in [0.2, 0.25) is 0 Å². The largest absolute Gasteiger partial charge is 0.423 e. The second kappa shape index (κ2) is 5.35. The van der Waals surface area contributed by atoms with Crippen LogP contribution in [0, 0.1) is 0 Å². The fraction of sp³-hybridized carbons (Fsp3) is 0. The third kappa shape index (κ3) is 2.65. The molecule has 98 valence electrons. The molecule has 2 aromatic rings. The van der Waals surface area contributed by atoms with E-state index >= 15 is 0 Å². The van der Waals surface area contributed by atoms with E-state index in [1.165, 1.54) is 6.08 Å². The van der Waals surface area contributed by atoms with Crippen molar-refractivity contribution >= 4 is 29.2 Å². The maximum atomic E-state index is 11.5. The van der Waals surface area contributed by atoms with Crippen LogP contribution in [0.15, 0.2) is 66.4 Å². The standard InChI is InChI=1S/C17H11ClO2/c18-14-8-6-12(7-9-14)10-16-15(11-17(19)20-16)13-4-2-1-3-5-13/h1-11H. The van der Waals surface area contributed by atoms with E-state index in [1.54, 1.807) is 12.1 Å². The molecule has 0 aromatic heterocycles. The third-order valence-electron chi connectivity index (χ3n) is 2.99. The lowest BCUT2D eigenvalue weighted by molar-refractivity contribution is -0.132. The molecule has 20 heavy (non-hydrogen) atoms. The van der Waals surface area contributed by atoms with Crippen molar-refractivity contribution in [3.8, 4) is 0 Å². The van der Waals surface area contributed by atoms with Gasteiger partial charge in [-0.2, -0.15) is 0 Å². The van der Waals surface area contributed by atoms with Crippen LogP contribution in [0.4, 0.5) is 0 Å². The smallest absolute Gasteiger partial charge is 0.336 e. The Balaban J connectivity index is 1.99. The molecule has 1 aliphatic rings. The van der Waals surface area contributed by atoms with Crippen LogP contribution in [0.1, 0.15) is 11.1 Å². The first-order chi connectivity index (χ1) is 9.72. The molecule has 0 bridgehead atoms. The summed E-state index contributed by atoms with van der Waals surface area (Å²) in [5, 5.41) is 0.675. The summed E-state index contributed by atoms with van der Waals surface area (Å²) in [5.41, 5.74) is 2.69. The first kappa shape index (κ1) is 12.7. The maximum Gasteiger partial charge on any atom is 0.336 e. The Morgan fingerprint density at radius 2 is 1.65 bits per heavy atom. The van der Waals surface area contributed by atoms with Gasteiger partial charge in [0, 0.05) is 16.7 Å². The van der Waals surface area contributed by atoms with Gasteiger partial charge < -0.3 is 4.74 Å². The number of ether oxygens (including phenoxy) is 1. The summed E-state index contributed by atoms with van der Waals surface area (Å²) in [6.07, 6.45) is 3.34. The highest BCUT2D eigenvalue weighted by Crippen LogP contribution is 2.31. The van der Waals surface area contributed by atoms with E-state index in [0.29, 0.717) is 10.8 Å². The Labute approximate surface area is 122 Å². The Bertz CT molecular complexity index is 698. The zero-order chi connectivity index (χ0) is 13.9. The molecule has 0 atom stereocenters. The Hall–Kier alpha value is -2.32. The number of hydrogen-bond donors (Lipinski definition) is 0. The lowest BCUT2D eigenvalue weighted by atomic mass is 10.0. The molecule has 0 radical (unpaired) electrons. The number of benzene rings is 2. The topological polar surface area (TPSA) is 26.3 Å². The monoisotopic (exact) mass is 282 g/mol. The van der Waals surface area contributed by atoms with Crippen molar-refractivity contribution in [3.63, 3.8) is 0 Å². The minimum absolute atomic E-state index is 0.343. The van der Waals surface area contributed by atoms with Gasteiger partial charge in [-0.05, 0) is 29.3 Å². The summed E-state index contributed by atoms with van der Waals surface area (Å²) in [5.74, 6) is 0.215. The van der Waals surface area contributed by atoms with Crippen LogP contribution in [0.5, 0.6) is 0 Å². The van der Waals surface area contributed by atoms with Crippen molar-refractivity contribution in [1.29, 1.82) is 0 Å². The molecule has 0 saturated carbocycles. The molecule has 0 N–H and O–H groups in total. The summed E-state index contributed by atoms with van der Waals surface area (Å²) in [6, 6.07) is 17.1. The molecule has 0 spiro atoms. The van der Waals surface area contributed by atoms with E-state index in [4.69, 9.17) is 16.3 Å². The summed E-state index contributed by atoms with van der Waals surface area (Å²) in [6.45, 7) is 0. The van der Waals surface area contributed by atoms with Crippen molar-refractivity contribution in [2.45, 2.75) is 0 Å². The molecule has 1 heterocycles. The molecule has 2 aromatic carbocycles. The van der Waals surface area contributed by atoms with Gasteiger partial charge in [0.15, 0.2) is 0 Å². The number of hydrogen-bond acceptors (Lipinski definition) is 2. The zero-order valence-electron chi connectivity index (χ0n) is 10.5. The van der Waals surface area contributed by atoms with Crippen LogP contribution in [0.2, 0.25) is 5.02 Å². The minimum atomic E-state index is -0.343. The number of carbonyl (C=O) groups excluding carboxylic acids is 1. The van der Waals surface area contributed by atoms with Crippen LogP contribution in [0.25, 0.3) is 11.6 Å². The molecule has 0 fully saturated rings. The van der Waals surface area contributed by atoms with Crippen molar-refractivity contribution < 1.29 is 9.53 Å². The van der Waals surface area contributed by atoms with Crippen LogP contribution < -0.4 is 0 Å². The second-order valence-electron chi connectivity index (χ2n) is 4.41. The van der Waals surface area contributed by atoms with E-state index in [1.807, 2.05) is 48.5 Å². The highest BCUT2D eigenvalue weighted by atomic mass is 35.5. The Morgan fingerprint density at radius 1 is 0.950 bits per heavy atom. The van der Waals surface area contributed by atoms with Crippen LogP contribution >= 0.6 is 11.6 Å². The van der Waals surface area contributed by atoms with Crippen molar-refractivity contribution in [1.82, 2.24) is 0 Å². The second-order valence-corrected chi connectivity index (χ2v) is 4.84. The first-order valence-corrected chi connectivity index (χ1v) is 6.57. The summed E-state index contributed by atoms with van der Waals surface area (Å²) in [7, 11) is 0. The highest BCUT2D eigenvalue weighted by Gasteiger charge is 2.21. The van der Waals surface area contributed by atoms with E-state index < -0.39 is 0 Å². The summed E-state index contributed by atoms with van der Waals surface area (Å²) in [4.78, 5) is 11.5. The number of carbonyl (C=O) groups is 1. The summed E-state index contributed by atoms with van der Waals surface area (Å²) < 4.78 is 5.26. The number of esters is 1. The minimum Gasteiger partial charge on any atom is -0.423 e. The predicted octanol–water partition coefficient (Wildman–Crippen LogP) is 4.32. The number of cyclic esters (lactones) is 1. The average molecular weight is 283 g/mol. The quantitative estimate of drug-likeness (QED) is 0.767. The third-order valence-corrected chi connectivity index (χ3v) is 3.24. The van der Waals surface area contributed by atoms with Crippen molar-refractivity contribution in [2.24, 2.45) is 0 Å². The molecule has 0 aliphatic carbocycles. The van der Waals surface area contributed by atoms with Crippen LogP contribution in [0.3, 0.4) is 0 Å². The Morgan fingerprint density at radius 3 is 2.35 bits per heavy atom. The molecule has 0 unspecified atom stereocenters. The van der Waals surface area contributed by atoms with Gasteiger partial charge in [0.25, 0.3) is 0 Å². The fourth-order valence-electron chi connectivity index (χ4n) is 2.04. The van der Waals surface area contributed by atoms with Gasteiger partial charge in [-0.1, -0.05) is 54.1 Å². The first-order valence-electron chi connectivity index (χ1n) is 6.19. The van der Waals surface area contributed by atoms with Gasteiger partial charge in [-0.15, -0.1) is 0 Å². The molecular weight excluding hydrogens is 272 g/mol. The molecule has 3 heteroatoms. The van der Waals surface area contributed by atoms with E-state index in [0.717, 1.165) is 16.7 Å². The number of allylic oxidation sites excluding steroid dienone is 1. The van der Waals surface area contributed by atoms with Gasteiger partial charge in [-0.3, -0.25) is 0 Å². The normalized spacial score (nSPS) is 16.1. The van der Waals surface area contributed by atoms with E-state index in [-0.39, 0.29) is 5.97 Å². The molecule has 2 nitrogen and oxygen atoms in total. The van der Waals surface area contributed by atoms with Crippen molar-refractivity contribution in [2.75, 3.05) is 0 Å². The van der Waals surface area contributed by atoms with Crippen LogP contribution in [-0.4, -0.2) is 5.97 Å². The molecule has 0 amide bonds. The summed E-state index contributed by atoms with van der Waals surface area (Å²) >= 11 is 5.86. The maximum absolute atomic E-state index is 11.5. The van der Waals surface area contributed by atoms with Gasteiger partial charge in [0.1, 0.15) is 5.76 Å². The predicted molar refractivity (Wildman–Crippen MR) is 79.9 cm³/mol. The Kier molecular flexibility index (Phi) is 3.40. The number of halogens is 1. The molecule has 3 rings (SSSR count). The van der Waals surface area contributed by atoms with E-state index in [2.05, 4.69) is 0 Å². The zero-order valence-corrected chi connectivity index (χ0v) is 11.3. The lowest BCUT2D eigenvalue weighted by Gasteiger charge is -2.05. The van der Waals surface area contributed by atoms with Gasteiger partial charge in [0.05, 0.1) is 0 Å². The number of rotatable bonds is 2. The average Bonchev–Trinajstić information content (AvgIpc) is 2.83. The lowest BCUT2D eigenvalue weighted by Crippen LogP contribution is -1.91. The molecule has 0 saturated heterocycles. The van der Waals surface area contributed by atoms with Crippen LogP contribution in [-0.2, 0) is 9.53 Å². The van der Waals surface area contributed by atoms with E-state index in [9.17, 15) is 4.79 Å². The van der Waals surface area contributed by atoms with Gasteiger partial charge >= 0.3 is 5.97 Å². The van der Waals surface area contributed by atoms with Crippen molar-refractivity contribution in [3.05, 3.63) is 82.6 Å². The molecular formula is C17H11ClO2. The van der Waals surface area contributed by atoms with Gasteiger partial charge in [-0.25, -0.2) is 4.79 Å². The fourth-order valence-corrected chi connectivity index (χ4v) is 2.17. The molecule has 1 aliphatic heterocycles. The highest BCUT2D eigenvalue weighted by molar-refractivity contribution is 6.30. The SMILES string of the molecule is O=C1C=C(c2ccccc2)C(=Cc2ccc(Cl)cc2)O1.